The summed E-state index contributed by atoms with van der Waals surface area (Å²) in [6, 6.07) is 71.6. The van der Waals surface area contributed by atoms with Crippen LogP contribution in [0.2, 0.25) is 0 Å². The van der Waals surface area contributed by atoms with Gasteiger partial charge in [0, 0.05) is 37.7 Å². The number of rotatable bonds is 6. The van der Waals surface area contributed by atoms with Gasteiger partial charge in [0.15, 0.2) is 5.82 Å². The van der Waals surface area contributed by atoms with Crippen LogP contribution in [0.3, 0.4) is 0 Å². The molecule has 0 radical (unpaired) electrons. The number of benzene rings is 8. The summed E-state index contributed by atoms with van der Waals surface area (Å²) in [4.78, 5) is 10.5. The van der Waals surface area contributed by atoms with Crippen molar-refractivity contribution in [1.29, 1.82) is 0 Å². The number of hydrogen-bond donors (Lipinski definition) is 0. The average molecular weight is 732 g/mol. The Kier molecular flexibility index (Phi) is 7.68. The van der Waals surface area contributed by atoms with E-state index in [1.165, 1.54) is 48.8 Å². The SMILES string of the molecule is c1ccc(-c2ccc3c(c2)c2cc(-c4cccc(-c5cccc(-c6nc(-c7ccccc7)c7sc8ccccc8c7n6)c5)c4)ccc2n3-c2ccccc2)cc1. The fourth-order valence-electron chi connectivity index (χ4n) is 8.10. The minimum absolute atomic E-state index is 0.730. The number of para-hydroxylation sites is 1. The van der Waals surface area contributed by atoms with E-state index in [1.807, 2.05) is 6.07 Å². The van der Waals surface area contributed by atoms with E-state index in [9.17, 15) is 0 Å². The fourth-order valence-corrected chi connectivity index (χ4v) is 9.25. The van der Waals surface area contributed by atoms with Crippen molar-refractivity contribution in [2.75, 3.05) is 0 Å². The maximum atomic E-state index is 5.24. The Morgan fingerprint density at radius 1 is 0.357 bits per heavy atom. The Labute approximate surface area is 328 Å². The van der Waals surface area contributed by atoms with Crippen LogP contribution >= 0.6 is 11.3 Å². The minimum Gasteiger partial charge on any atom is -0.309 e. The smallest absolute Gasteiger partial charge is 0.160 e. The molecule has 3 nitrogen and oxygen atoms in total. The Hall–Kier alpha value is -7.14. The fraction of sp³-hybridized carbons (Fsp3) is 0. The van der Waals surface area contributed by atoms with Crippen LogP contribution in [-0.2, 0) is 0 Å². The van der Waals surface area contributed by atoms with E-state index < -0.39 is 0 Å². The van der Waals surface area contributed by atoms with Gasteiger partial charge in [0.1, 0.15) is 0 Å². The zero-order chi connectivity index (χ0) is 37.0. The summed E-state index contributed by atoms with van der Waals surface area (Å²) in [7, 11) is 0. The molecular weight excluding hydrogens is 699 g/mol. The molecule has 0 amide bonds. The van der Waals surface area contributed by atoms with Crippen LogP contribution in [0, 0.1) is 0 Å². The highest BCUT2D eigenvalue weighted by Gasteiger charge is 2.18. The van der Waals surface area contributed by atoms with Crippen molar-refractivity contribution < 1.29 is 0 Å². The van der Waals surface area contributed by atoms with Crippen molar-refractivity contribution in [3.05, 3.63) is 200 Å². The van der Waals surface area contributed by atoms with Gasteiger partial charge in [0.05, 0.1) is 26.9 Å². The molecule has 3 aromatic heterocycles. The number of fused-ring (bicyclic) bond motifs is 6. The van der Waals surface area contributed by atoms with E-state index in [1.54, 1.807) is 11.3 Å². The van der Waals surface area contributed by atoms with Crippen molar-refractivity contribution >= 4 is 53.4 Å². The van der Waals surface area contributed by atoms with Gasteiger partial charge in [0.2, 0.25) is 0 Å². The first-order valence-corrected chi connectivity index (χ1v) is 19.7. The Bertz CT molecular complexity index is 3240. The topological polar surface area (TPSA) is 30.7 Å². The van der Waals surface area contributed by atoms with Crippen LogP contribution in [0.1, 0.15) is 0 Å². The van der Waals surface area contributed by atoms with Crippen LogP contribution in [-0.4, -0.2) is 14.5 Å². The first-order chi connectivity index (χ1) is 27.7. The summed E-state index contributed by atoms with van der Waals surface area (Å²) in [5.74, 6) is 0.730. The van der Waals surface area contributed by atoms with Crippen LogP contribution < -0.4 is 0 Å². The summed E-state index contributed by atoms with van der Waals surface area (Å²) < 4.78 is 4.72. The summed E-state index contributed by atoms with van der Waals surface area (Å²) in [5.41, 5.74) is 14.6. The summed E-state index contributed by atoms with van der Waals surface area (Å²) in [5, 5.41) is 3.63. The van der Waals surface area contributed by atoms with Crippen molar-refractivity contribution in [2.24, 2.45) is 0 Å². The van der Waals surface area contributed by atoms with Crippen LogP contribution in [0.15, 0.2) is 200 Å². The van der Waals surface area contributed by atoms with Gasteiger partial charge in [-0.25, -0.2) is 9.97 Å². The quantitative estimate of drug-likeness (QED) is 0.170. The van der Waals surface area contributed by atoms with Crippen molar-refractivity contribution in [2.45, 2.75) is 0 Å². The molecule has 0 bridgehead atoms. The zero-order valence-electron chi connectivity index (χ0n) is 30.3. The molecule has 56 heavy (non-hydrogen) atoms. The van der Waals surface area contributed by atoms with E-state index in [2.05, 4.69) is 199 Å². The highest BCUT2D eigenvalue weighted by molar-refractivity contribution is 7.26. The molecule has 8 aromatic carbocycles. The average Bonchev–Trinajstić information content (AvgIpc) is 3.82. The molecule has 4 heteroatoms. The third-order valence-electron chi connectivity index (χ3n) is 10.8. The Balaban J connectivity index is 1.02. The number of aromatic nitrogens is 3. The lowest BCUT2D eigenvalue weighted by molar-refractivity contribution is 1.18. The highest BCUT2D eigenvalue weighted by atomic mass is 32.1. The minimum atomic E-state index is 0.730. The maximum absolute atomic E-state index is 5.24. The highest BCUT2D eigenvalue weighted by Crippen LogP contribution is 2.41. The van der Waals surface area contributed by atoms with Gasteiger partial charge in [-0.05, 0) is 88.0 Å². The molecule has 0 aliphatic heterocycles. The van der Waals surface area contributed by atoms with Gasteiger partial charge < -0.3 is 4.57 Å². The van der Waals surface area contributed by atoms with Crippen molar-refractivity contribution in [1.82, 2.24) is 14.5 Å². The van der Waals surface area contributed by atoms with Gasteiger partial charge in [-0.3, -0.25) is 0 Å². The van der Waals surface area contributed by atoms with Crippen LogP contribution in [0.5, 0.6) is 0 Å². The molecule has 0 N–H and O–H groups in total. The summed E-state index contributed by atoms with van der Waals surface area (Å²) in [6.45, 7) is 0. The standard InChI is InChI=1S/C52H33N3S/c1-4-14-34(15-5-1)39-26-28-46-44(32-39)45-33-40(27-29-47(45)55(46)42-22-8-3-9-23-42)37-19-12-18-36(30-37)38-20-13-21-41(31-38)52-53-49(35-16-6-2-7-17-35)51-50(54-52)43-24-10-11-25-48(43)56-51/h1-33H. The molecule has 11 aromatic rings. The van der Waals surface area contributed by atoms with E-state index in [0.717, 1.165) is 55.1 Å². The first kappa shape index (κ1) is 32.3. The van der Waals surface area contributed by atoms with Crippen molar-refractivity contribution in [3.63, 3.8) is 0 Å². The normalized spacial score (nSPS) is 11.6. The second-order valence-electron chi connectivity index (χ2n) is 14.2. The van der Waals surface area contributed by atoms with Crippen molar-refractivity contribution in [3.8, 4) is 61.7 Å². The molecule has 0 aliphatic carbocycles. The van der Waals surface area contributed by atoms with Crippen LogP contribution in [0.25, 0.3) is 104 Å². The molecule has 0 aliphatic rings. The van der Waals surface area contributed by atoms with E-state index in [-0.39, 0.29) is 0 Å². The molecule has 3 heterocycles. The third-order valence-corrected chi connectivity index (χ3v) is 12.0. The summed E-state index contributed by atoms with van der Waals surface area (Å²) >= 11 is 1.76. The van der Waals surface area contributed by atoms with Crippen LogP contribution in [0.4, 0.5) is 0 Å². The van der Waals surface area contributed by atoms with Gasteiger partial charge in [-0.15, -0.1) is 11.3 Å². The zero-order valence-corrected chi connectivity index (χ0v) is 31.1. The molecule has 0 atom stereocenters. The van der Waals surface area contributed by atoms with Gasteiger partial charge in [-0.1, -0.05) is 146 Å². The third kappa shape index (κ3) is 5.50. The van der Waals surface area contributed by atoms with Gasteiger partial charge in [0.25, 0.3) is 0 Å². The molecule has 11 rings (SSSR count). The van der Waals surface area contributed by atoms with Gasteiger partial charge in [-0.2, -0.15) is 0 Å². The largest absolute Gasteiger partial charge is 0.309 e. The van der Waals surface area contributed by atoms with E-state index in [4.69, 9.17) is 9.97 Å². The second-order valence-corrected chi connectivity index (χ2v) is 15.3. The molecular formula is C52H33N3S. The predicted molar refractivity (Wildman–Crippen MR) is 236 cm³/mol. The molecule has 0 saturated carbocycles. The first-order valence-electron chi connectivity index (χ1n) is 18.9. The Morgan fingerprint density at radius 3 is 1.52 bits per heavy atom. The summed E-state index contributed by atoms with van der Waals surface area (Å²) in [6.07, 6.45) is 0. The monoisotopic (exact) mass is 731 g/mol. The molecule has 0 saturated heterocycles. The molecule has 0 unspecified atom stereocenters. The maximum Gasteiger partial charge on any atom is 0.160 e. The van der Waals surface area contributed by atoms with E-state index >= 15 is 0 Å². The van der Waals surface area contributed by atoms with Gasteiger partial charge >= 0.3 is 0 Å². The molecule has 262 valence electrons. The lowest BCUT2D eigenvalue weighted by Crippen LogP contribution is -1.94. The number of hydrogen-bond acceptors (Lipinski definition) is 3. The predicted octanol–water partition coefficient (Wildman–Crippen LogP) is 14.3. The lowest BCUT2D eigenvalue weighted by Gasteiger charge is -2.10. The van der Waals surface area contributed by atoms with E-state index in [0.29, 0.717) is 0 Å². The molecule has 0 spiro atoms. The lowest BCUT2D eigenvalue weighted by atomic mass is 9.96. The Morgan fingerprint density at radius 2 is 0.857 bits per heavy atom. The molecule has 0 fully saturated rings. The number of nitrogens with zero attached hydrogens (tertiary/aromatic N) is 3. The number of thiophene rings is 1. The second kappa shape index (κ2) is 13.3.